The van der Waals surface area contributed by atoms with Crippen LogP contribution < -0.4 is 0 Å². The zero-order valence-electron chi connectivity index (χ0n) is 47.1. The van der Waals surface area contributed by atoms with Crippen LogP contribution in [0.25, 0.3) is 0 Å². The van der Waals surface area contributed by atoms with E-state index in [9.17, 15) is 40.5 Å². The fourth-order valence-corrected chi connectivity index (χ4v) is 10.0. The molecule has 2 aliphatic heterocycles. The average molecular weight is 1060 g/mol. The van der Waals surface area contributed by atoms with E-state index in [1.807, 2.05) is 0 Å². The molecule has 0 aromatic carbocycles. The van der Waals surface area contributed by atoms with Crippen molar-refractivity contribution in [1.29, 1.82) is 0 Å². The molecule has 2 heterocycles. The summed E-state index contributed by atoms with van der Waals surface area (Å²) < 4.78 is 34.4. The van der Waals surface area contributed by atoms with Gasteiger partial charge < -0.3 is 64.2 Å². The predicted molar refractivity (Wildman–Crippen MR) is 294 cm³/mol. The molecule has 0 spiro atoms. The Morgan fingerprint density at radius 2 is 0.797 bits per heavy atom. The summed E-state index contributed by atoms with van der Waals surface area (Å²) in [4.78, 5) is 13.1. The van der Waals surface area contributed by atoms with Crippen molar-refractivity contribution in [2.75, 3.05) is 33.0 Å². The summed E-state index contributed by atoms with van der Waals surface area (Å²) in [5.41, 5.74) is 0. The van der Waals surface area contributed by atoms with Gasteiger partial charge >= 0.3 is 5.97 Å². The fraction of sp³-hybridized carbons (Fsp3) is 0.950. The molecule has 0 amide bonds. The Morgan fingerprint density at radius 3 is 1.23 bits per heavy atom. The van der Waals surface area contributed by atoms with Crippen molar-refractivity contribution in [3.05, 3.63) is 12.2 Å². The van der Waals surface area contributed by atoms with Gasteiger partial charge in [0.25, 0.3) is 0 Å². The maximum Gasteiger partial charge on any atom is 0.306 e. The van der Waals surface area contributed by atoms with Crippen LogP contribution in [0.4, 0.5) is 0 Å². The van der Waals surface area contributed by atoms with Crippen LogP contribution in [0.1, 0.15) is 264 Å². The number of aliphatic hydroxyl groups excluding tert-OH is 7. The largest absolute Gasteiger partial charge is 0.457 e. The normalized spacial score (nSPS) is 24.8. The van der Waals surface area contributed by atoms with E-state index in [0.717, 1.165) is 38.5 Å². The summed E-state index contributed by atoms with van der Waals surface area (Å²) in [6.45, 7) is 3.75. The molecule has 0 aromatic heterocycles. The molecule has 0 aliphatic carbocycles. The first kappa shape index (κ1) is 68.8. The highest BCUT2D eigenvalue weighted by atomic mass is 16.7. The Hall–Kier alpha value is -1.27. The first-order chi connectivity index (χ1) is 36.1. The second-order valence-corrected chi connectivity index (χ2v) is 21.9. The second kappa shape index (κ2) is 47.7. The lowest BCUT2D eigenvalue weighted by atomic mass is 9.98. The van der Waals surface area contributed by atoms with Crippen LogP contribution >= 0.6 is 0 Å². The Kier molecular flexibility index (Phi) is 44.4. The number of allylic oxidation sites excluding steroid dienone is 2. The lowest BCUT2D eigenvalue weighted by Crippen LogP contribution is -2.61. The Balaban J connectivity index is 1.66. The van der Waals surface area contributed by atoms with Crippen molar-refractivity contribution in [3.63, 3.8) is 0 Å². The number of ether oxygens (including phenoxy) is 6. The van der Waals surface area contributed by atoms with E-state index in [0.29, 0.717) is 13.0 Å². The molecule has 2 rings (SSSR count). The quantitative estimate of drug-likeness (QED) is 0.0172. The van der Waals surface area contributed by atoms with Gasteiger partial charge in [0.1, 0.15) is 54.9 Å². The summed E-state index contributed by atoms with van der Waals surface area (Å²) in [5.74, 6) is -0.369. The molecule has 0 saturated carbocycles. The van der Waals surface area contributed by atoms with Crippen LogP contribution in [0.15, 0.2) is 12.2 Å². The van der Waals surface area contributed by atoms with Gasteiger partial charge in [0.15, 0.2) is 12.6 Å². The van der Waals surface area contributed by atoms with E-state index in [-0.39, 0.29) is 25.6 Å². The third-order valence-electron chi connectivity index (χ3n) is 15.0. The standard InChI is InChI=1S/C60H114O14/c1-3-5-7-9-11-13-15-17-19-20-21-22-23-24-25-26-27-28-29-31-33-35-37-39-41-43-52(62)72-49(46-69-44-42-40-38-36-34-32-30-18-16-14-12-10-8-6-4-2)47-70-59-58(68)56(66)54(64)51(74-59)48-71-60-57(67)55(65)53(63)50(45-61)73-60/h20-21,49-51,53-61,63-68H,3-19,22-48H2,1-2H3/b21-20-. The third-order valence-corrected chi connectivity index (χ3v) is 15.0. The van der Waals surface area contributed by atoms with Gasteiger partial charge in [-0.1, -0.05) is 231 Å². The van der Waals surface area contributed by atoms with Gasteiger partial charge in [-0.2, -0.15) is 0 Å². The van der Waals surface area contributed by atoms with Crippen LogP contribution in [-0.4, -0.2) is 142 Å². The minimum Gasteiger partial charge on any atom is -0.457 e. The number of esters is 1. The zero-order chi connectivity index (χ0) is 53.7. The van der Waals surface area contributed by atoms with E-state index < -0.39 is 80.7 Å². The molecule has 2 aliphatic rings. The Morgan fingerprint density at radius 1 is 0.432 bits per heavy atom. The monoisotopic (exact) mass is 1060 g/mol. The summed E-state index contributed by atoms with van der Waals surface area (Å²) >= 11 is 0. The number of hydrogen-bond donors (Lipinski definition) is 7. The van der Waals surface area contributed by atoms with E-state index in [2.05, 4.69) is 26.0 Å². The first-order valence-electron chi connectivity index (χ1n) is 30.8. The van der Waals surface area contributed by atoms with E-state index in [1.54, 1.807) is 0 Å². The van der Waals surface area contributed by atoms with E-state index in [1.165, 1.54) is 199 Å². The van der Waals surface area contributed by atoms with Gasteiger partial charge in [-0.05, 0) is 38.5 Å². The number of hydrogen-bond acceptors (Lipinski definition) is 14. The fourth-order valence-electron chi connectivity index (χ4n) is 10.0. The highest BCUT2D eigenvalue weighted by Crippen LogP contribution is 2.27. The van der Waals surface area contributed by atoms with E-state index in [4.69, 9.17) is 28.4 Å². The molecule has 11 atom stereocenters. The summed E-state index contributed by atoms with van der Waals surface area (Å²) in [6, 6.07) is 0. The van der Waals surface area contributed by atoms with Gasteiger partial charge in [0, 0.05) is 13.0 Å². The highest BCUT2D eigenvalue weighted by molar-refractivity contribution is 5.69. The number of carbonyl (C=O) groups excluding carboxylic acids is 1. The molecule has 2 saturated heterocycles. The van der Waals surface area contributed by atoms with Crippen molar-refractivity contribution in [1.82, 2.24) is 0 Å². The third kappa shape index (κ3) is 33.9. The van der Waals surface area contributed by atoms with Crippen molar-refractivity contribution < 1.29 is 69.0 Å². The first-order valence-corrected chi connectivity index (χ1v) is 30.8. The summed E-state index contributed by atoms with van der Waals surface area (Å²) in [7, 11) is 0. The Bertz CT molecular complexity index is 1270. The molecule has 0 bridgehead atoms. The van der Waals surface area contributed by atoms with Crippen molar-refractivity contribution in [3.8, 4) is 0 Å². The van der Waals surface area contributed by atoms with Gasteiger partial charge in [-0.25, -0.2) is 0 Å². The number of unbranched alkanes of at least 4 members (excludes halogenated alkanes) is 35. The maximum atomic E-state index is 13.1. The predicted octanol–water partition coefficient (Wildman–Crippen LogP) is 11.4. The number of aliphatic hydroxyl groups is 7. The molecule has 438 valence electrons. The van der Waals surface area contributed by atoms with Crippen LogP contribution in [-0.2, 0) is 33.2 Å². The summed E-state index contributed by atoms with van der Waals surface area (Å²) in [6.07, 6.45) is 37.1. The van der Waals surface area contributed by atoms with Gasteiger partial charge in [0.05, 0.1) is 26.4 Å². The average Bonchev–Trinajstić information content (AvgIpc) is 3.40. The van der Waals surface area contributed by atoms with Crippen molar-refractivity contribution >= 4 is 5.97 Å². The second-order valence-electron chi connectivity index (χ2n) is 21.9. The summed E-state index contributed by atoms with van der Waals surface area (Å²) in [5, 5.41) is 72.4. The smallest absolute Gasteiger partial charge is 0.306 e. The van der Waals surface area contributed by atoms with Crippen LogP contribution in [0.2, 0.25) is 0 Å². The van der Waals surface area contributed by atoms with Crippen molar-refractivity contribution in [2.45, 2.75) is 332 Å². The molecule has 74 heavy (non-hydrogen) atoms. The van der Waals surface area contributed by atoms with Crippen molar-refractivity contribution in [2.24, 2.45) is 0 Å². The number of carbonyl (C=O) groups is 1. The molecular formula is C60H114O14. The molecule has 2 fully saturated rings. The van der Waals surface area contributed by atoms with Crippen LogP contribution in [0, 0.1) is 0 Å². The molecule has 14 nitrogen and oxygen atoms in total. The minimum atomic E-state index is -1.70. The minimum absolute atomic E-state index is 0.0685. The van der Waals surface area contributed by atoms with E-state index >= 15 is 0 Å². The van der Waals surface area contributed by atoms with Gasteiger partial charge in [-0.15, -0.1) is 0 Å². The van der Waals surface area contributed by atoms with Gasteiger partial charge in [0.2, 0.25) is 0 Å². The molecule has 0 aromatic rings. The topological polar surface area (TPSA) is 214 Å². The van der Waals surface area contributed by atoms with Crippen LogP contribution in [0.5, 0.6) is 0 Å². The Labute approximate surface area is 450 Å². The lowest BCUT2D eigenvalue weighted by Gasteiger charge is -2.42. The maximum absolute atomic E-state index is 13.1. The number of rotatable bonds is 51. The SMILES string of the molecule is CCCCCCCCCC/C=C\CCCCCCCCCCCCCCCC(=O)OC(COCCCCCCCCCCCCCCCCC)COC1OC(COC2OC(CO)C(O)C(O)C2O)C(O)C(O)C1O. The molecular weight excluding hydrogens is 945 g/mol. The highest BCUT2D eigenvalue weighted by Gasteiger charge is 2.47. The lowest BCUT2D eigenvalue weighted by molar-refractivity contribution is -0.332. The molecule has 7 N–H and O–H groups in total. The van der Waals surface area contributed by atoms with Gasteiger partial charge in [-0.3, -0.25) is 4.79 Å². The molecule has 0 radical (unpaired) electrons. The zero-order valence-corrected chi connectivity index (χ0v) is 47.1. The molecule has 11 unspecified atom stereocenters. The molecule has 14 heteroatoms. The van der Waals surface area contributed by atoms with Crippen LogP contribution in [0.3, 0.4) is 0 Å².